The maximum atomic E-state index is 12.5. The molecule has 0 unspecified atom stereocenters. The fourth-order valence-corrected chi connectivity index (χ4v) is 2.66. The van der Waals surface area contributed by atoms with Gasteiger partial charge in [0.15, 0.2) is 0 Å². The molecule has 0 aliphatic carbocycles. The van der Waals surface area contributed by atoms with E-state index in [4.69, 9.17) is 0 Å². The predicted octanol–water partition coefficient (Wildman–Crippen LogP) is 2.54. The topological polar surface area (TPSA) is 39.1 Å². The highest BCUT2D eigenvalue weighted by Crippen LogP contribution is 2.27. The van der Waals surface area contributed by atoms with Crippen LogP contribution in [-0.4, -0.2) is 10.4 Å². The van der Waals surface area contributed by atoms with E-state index in [0.717, 1.165) is 5.39 Å². The van der Waals surface area contributed by atoms with Crippen LogP contribution in [0.1, 0.15) is 16.1 Å². The average molecular weight is 247 g/mol. The van der Waals surface area contributed by atoms with Crippen LogP contribution < -0.4 is 5.56 Å². The Morgan fingerprint density at radius 2 is 1.58 bits per heavy atom. The molecule has 1 aromatic heterocycles. The monoisotopic (exact) mass is 247 g/mol. The van der Waals surface area contributed by atoms with E-state index in [0.29, 0.717) is 22.3 Å². The molecule has 3 heteroatoms. The Labute approximate surface area is 108 Å². The highest BCUT2D eigenvalue weighted by Gasteiger charge is 2.27. The lowest BCUT2D eigenvalue weighted by Crippen LogP contribution is -2.19. The van der Waals surface area contributed by atoms with Crippen LogP contribution in [0.2, 0.25) is 0 Å². The van der Waals surface area contributed by atoms with Gasteiger partial charge in [-0.2, -0.15) is 0 Å². The molecule has 1 aliphatic rings. The third-order valence-electron chi connectivity index (χ3n) is 3.55. The lowest BCUT2D eigenvalue weighted by molar-refractivity contribution is 0.103. The van der Waals surface area contributed by atoms with E-state index >= 15 is 0 Å². The number of hydrogen-bond donors (Lipinski definition) is 0. The minimum absolute atomic E-state index is 0.0848. The molecule has 3 nitrogen and oxygen atoms in total. The van der Waals surface area contributed by atoms with Crippen molar-refractivity contribution in [3.8, 4) is 5.69 Å². The standard InChI is InChI=1S/C16H9NO2/c18-15-12-7-3-4-8-13(12)17-14(15)9-10-5-1-2-6-11(10)16(17)19/h1-9H. The van der Waals surface area contributed by atoms with Gasteiger partial charge in [0.2, 0.25) is 5.78 Å². The molecule has 0 bridgehead atoms. The highest BCUT2D eigenvalue weighted by atomic mass is 16.1. The largest absolute Gasteiger partial charge is 0.287 e. The molecule has 0 saturated carbocycles. The summed E-state index contributed by atoms with van der Waals surface area (Å²) >= 11 is 0. The number of aromatic nitrogens is 1. The van der Waals surface area contributed by atoms with Crippen molar-refractivity contribution >= 4 is 16.6 Å². The Morgan fingerprint density at radius 1 is 0.842 bits per heavy atom. The van der Waals surface area contributed by atoms with Crippen molar-refractivity contribution < 1.29 is 4.79 Å². The van der Waals surface area contributed by atoms with Crippen molar-refractivity contribution in [3.05, 3.63) is 76.2 Å². The van der Waals surface area contributed by atoms with Crippen molar-refractivity contribution in [1.29, 1.82) is 0 Å². The summed E-state index contributed by atoms with van der Waals surface area (Å²) in [6, 6.07) is 16.3. The number of ketones is 1. The zero-order valence-electron chi connectivity index (χ0n) is 9.96. The van der Waals surface area contributed by atoms with Gasteiger partial charge in [-0.1, -0.05) is 30.3 Å². The lowest BCUT2D eigenvalue weighted by Gasteiger charge is -2.05. The van der Waals surface area contributed by atoms with Gasteiger partial charge >= 0.3 is 0 Å². The van der Waals surface area contributed by atoms with Crippen molar-refractivity contribution in [3.63, 3.8) is 0 Å². The number of carbonyl (C=O) groups is 1. The molecule has 0 amide bonds. The van der Waals surface area contributed by atoms with E-state index in [2.05, 4.69) is 0 Å². The maximum Gasteiger partial charge on any atom is 0.263 e. The van der Waals surface area contributed by atoms with Crippen LogP contribution in [0, 0.1) is 0 Å². The molecule has 0 fully saturated rings. The second-order valence-corrected chi connectivity index (χ2v) is 4.60. The molecular formula is C16H9NO2. The summed E-state index contributed by atoms with van der Waals surface area (Å²) in [6.07, 6.45) is 0. The van der Waals surface area contributed by atoms with Crippen molar-refractivity contribution in [1.82, 2.24) is 4.57 Å². The van der Waals surface area contributed by atoms with Crippen LogP contribution in [0.25, 0.3) is 16.5 Å². The first-order chi connectivity index (χ1) is 9.27. The fraction of sp³-hybridized carbons (Fsp3) is 0. The minimum atomic E-state index is -0.133. The van der Waals surface area contributed by atoms with E-state index in [1.165, 1.54) is 4.57 Å². The quantitative estimate of drug-likeness (QED) is 0.479. The number of benzene rings is 2. The minimum Gasteiger partial charge on any atom is -0.287 e. The summed E-state index contributed by atoms with van der Waals surface area (Å²) in [6.45, 7) is 0. The Kier molecular flexibility index (Phi) is 1.85. The first-order valence-electron chi connectivity index (χ1n) is 6.06. The van der Waals surface area contributed by atoms with Gasteiger partial charge < -0.3 is 0 Å². The summed E-state index contributed by atoms with van der Waals surface area (Å²) in [7, 11) is 0. The summed E-state index contributed by atoms with van der Waals surface area (Å²) in [5.41, 5.74) is 1.59. The van der Waals surface area contributed by atoms with Crippen LogP contribution in [0.4, 0.5) is 0 Å². The number of para-hydroxylation sites is 1. The lowest BCUT2D eigenvalue weighted by atomic mass is 10.1. The number of carbonyl (C=O) groups excluding carboxylic acids is 1. The molecule has 2 aromatic carbocycles. The molecule has 3 aromatic rings. The van der Waals surface area contributed by atoms with Gasteiger partial charge in [-0.3, -0.25) is 14.2 Å². The second-order valence-electron chi connectivity index (χ2n) is 4.60. The van der Waals surface area contributed by atoms with E-state index in [1.54, 1.807) is 24.3 Å². The van der Waals surface area contributed by atoms with Crippen molar-refractivity contribution in [2.24, 2.45) is 0 Å². The number of rotatable bonds is 0. The molecule has 0 spiro atoms. The van der Waals surface area contributed by atoms with E-state index in [-0.39, 0.29) is 11.3 Å². The van der Waals surface area contributed by atoms with Gasteiger partial charge in [-0.25, -0.2) is 0 Å². The van der Waals surface area contributed by atoms with Crippen LogP contribution in [0.15, 0.2) is 59.4 Å². The molecule has 19 heavy (non-hydrogen) atoms. The second kappa shape index (κ2) is 3.42. The molecule has 4 rings (SSSR count). The molecule has 90 valence electrons. The molecule has 0 N–H and O–H groups in total. The number of fused-ring (bicyclic) bond motifs is 4. The van der Waals surface area contributed by atoms with Crippen molar-refractivity contribution in [2.45, 2.75) is 0 Å². The molecular weight excluding hydrogens is 238 g/mol. The SMILES string of the molecule is O=C1c2ccccc2-n2c1cc1ccccc1c2=O. The van der Waals surface area contributed by atoms with Gasteiger partial charge in [0.1, 0.15) is 0 Å². The molecule has 1 aliphatic heterocycles. The van der Waals surface area contributed by atoms with Gasteiger partial charge in [0.25, 0.3) is 5.56 Å². The number of nitrogens with zero attached hydrogens (tertiary/aromatic N) is 1. The Hall–Kier alpha value is -2.68. The van der Waals surface area contributed by atoms with E-state index in [9.17, 15) is 9.59 Å². The van der Waals surface area contributed by atoms with Crippen LogP contribution in [0.3, 0.4) is 0 Å². The van der Waals surface area contributed by atoms with Crippen LogP contribution >= 0.6 is 0 Å². The zero-order valence-corrected chi connectivity index (χ0v) is 9.96. The number of hydrogen-bond acceptors (Lipinski definition) is 2. The van der Waals surface area contributed by atoms with Gasteiger partial charge in [-0.15, -0.1) is 0 Å². The molecule has 0 atom stereocenters. The smallest absolute Gasteiger partial charge is 0.263 e. The average Bonchev–Trinajstić information content (AvgIpc) is 2.74. The van der Waals surface area contributed by atoms with E-state index < -0.39 is 0 Å². The fourth-order valence-electron chi connectivity index (χ4n) is 2.66. The zero-order chi connectivity index (χ0) is 13.0. The Balaban J connectivity index is 2.24. The first kappa shape index (κ1) is 10.3. The normalized spacial score (nSPS) is 12.5. The maximum absolute atomic E-state index is 12.5. The Morgan fingerprint density at radius 3 is 2.47 bits per heavy atom. The van der Waals surface area contributed by atoms with Gasteiger partial charge in [-0.05, 0) is 29.7 Å². The summed E-state index contributed by atoms with van der Waals surface area (Å²) in [5.74, 6) is -0.0848. The predicted molar refractivity (Wildman–Crippen MR) is 73.0 cm³/mol. The highest BCUT2D eigenvalue weighted by molar-refractivity contribution is 6.15. The molecule has 2 heterocycles. The third-order valence-corrected chi connectivity index (χ3v) is 3.55. The third kappa shape index (κ3) is 1.21. The van der Waals surface area contributed by atoms with Crippen LogP contribution in [-0.2, 0) is 0 Å². The Bertz CT molecular complexity index is 906. The van der Waals surface area contributed by atoms with Gasteiger partial charge in [0.05, 0.1) is 11.4 Å². The number of pyridine rings is 1. The summed E-state index contributed by atoms with van der Waals surface area (Å²) in [5, 5.41) is 1.44. The van der Waals surface area contributed by atoms with Crippen LogP contribution in [0.5, 0.6) is 0 Å². The first-order valence-corrected chi connectivity index (χ1v) is 6.06. The summed E-state index contributed by atoms with van der Waals surface area (Å²) in [4.78, 5) is 24.9. The summed E-state index contributed by atoms with van der Waals surface area (Å²) < 4.78 is 1.51. The van der Waals surface area contributed by atoms with Gasteiger partial charge in [0, 0.05) is 10.9 Å². The van der Waals surface area contributed by atoms with Crippen molar-refractivity contribution in [2.75, 3.05) is 0 Å². The molecule has 0 saturated heterocycles. The van der Waals surface area contributed by atoms with E-state index in [1.807, 2.05) is 30.3 Å². The molecule has 0 radical (unpaired) electrons.